The number of fused-ring (bicyclic) bond motifs is 1. The van der Waals surface area contributed by atoms with Crippen molar-refractivity contribution in [3.63, 3.8) is 0 Å². The van der Waals surface area contributed by atoms with Crippen molar-refractivity contribution in [2.75, 3.05) is 32.8 Å². The number of aliphatic hydroxyl groups is 2. The van der Waals surface area contributed by atoms with E-state index in [1.165, 1.54) is 42.9 Å². The average molecular weight is 444 g/mol. The number of rotatable bonds is 7. The van der Waals surface area contributed by atoms with Crippen molar-refractivity contribution in [1.29, 1.82) is 0 Å². The number of aliphatic hydroxyl groups excluding tert-OH is 2. The lowest BCUT2D eigenvalue weighted by molar-refractivity contribution is 0.00893. The maximum atomic E-state index is 9.71. The molecule has 3 heterocycles. The summed E-state index contributed by atoms with van der Waals surface area (Å²) in [5.41, 5.74) is 2.31. The molecule has 2 aromatic rings. The summed E-state index contributed by atoms with van der Waals surface area (Å²) in [5, 5.41) is 19.8. The van der Waals surface area contributed by atoms with Gasteiger partial charge in [0, 0.05) is 55.4 Å². The van der Waals surface area contributed by atoms with Crippen molar-refractivity contribution in [3.05, 3.63) is 34.8 Å². The van der Waals surface area contributed by atoms with Crippen LogP contribution in [0.2, 0.25) is 0 Å². The maximum Gasteiger partial charge on any atom is 0.123 e. The Morgan fingerprint density at radius 2 is 1.87 bits per heavy atom. The smallest absolute Gasteiger partial charge is 0.123 e. The van der Waals surface area contributed by atoms with Crippen molar-refractivity contribution in [3.8, 4) is 16.3 Å². The Morgan fingerprint density at radius 1 is 1.10 bits per heavy atom. The summed E-state index contributed by atoms with van der Waals surface area (Å²) >= 11 is 1.74. The van der Waals surface area contributed by atoms with Gasteiger partial charge in [-0.2, -0.15) is 0 Å². The minimum absolute atomic E-state index is 0.189. The molecule has 31 heavy (non-hydrogen) atoms. The Hall–Kier alpha value is -1.51. The predicted octanol–water partition coefficient (Wildman–Crippen LogP) is 2.92. The van der Waals surface area contributed by atoms with Gasteiger partial charge in [-0.25, -0.2) is 4.98 Å². The van der Waals surface area contributed by atoms with Gasteiger partial charge in [-0.15, -0.1) is 11.3 Å². The summed E-state index contributed by atoms with van der Waals surface area (Å²) in [6, 6.07) is 9.12. The molecule has 2 aliphatic heterocycles. The number of aromatic nitrogens is 1. The molecule has 6 nitrogen and oxygen atoms in total. The molecule has 3 aliphatic rings. The Morgan fingerprint density at radius 3 is 2.61 bits per heavy atom. The van der Waals surface area contributed by atoms with Gasteiger partial charge >= 0.3 is 0 Å². The molecule has 1 aliphatic carbocycles. The number of likely N-dealkylation sites (tertiary alicyclic amines) is 1. The van der Waals surface area contributed by atoms with Crippen LogP contribution in [0, 0.1) is 0 Å². The zero-order valence-electron chi connectivity index (χ0n) is 18.1. The second-order valence-electron chi connectivity index (χ2n) is 9.20. The zero-order chi connectivity index (χ0) is 21.2. The standard InChI is InChI=1S/C24H33N3O3S/c28-16-19(29)14-26-11-8-22-23(15-26)31-24(25-22)17-4-6-20(7-5-17)30-21-12-18(13-21)27-9-2-1-3-10-27/h4-7,18-19,21,28-29H,1-3,8-16H2. The monoisotopic (exact) mass is 443 g/mol. The van der Waals surface area contributed by atoms with Crippen LogP contribution in [0.4, 0.5) is 0 Å². The third kappa shape index (κ3) is 4.96. The second-order valence-corrected chi connectivity index (χ2v) is 10.3. The molecule has 1 aromatic heterocycles. The lowest BCUT2D eigenvalue weighted by Crippen LogP contribution is -2.50. The van der Waals surface area contributed by atoms with E-state index in [2.05, 4.69) is 34.1 Å². The molecule has 7 heteroatoms. The fraction of sp³-hybridized carbons (Fsp3) is 0.625. The first-order valence-corrected chi connectivity index (χ1v) is 12.5. The van der Waals surface area contributed by atoms with Crippen LogP contribution < -0.4 is 4.74 Å². The van der Waals surface area contributed by atoms with Crippen LogP contribution >= 0.6 is 11.3 Å². The van der Waals surface area contributed by atoms with Crippen LogP contribution in [-0.2, 0) is 13.0 Å². The highest BCUT2D eigenvalue weighted by atomic mass is 32.1. The van der Waals surface area contributed by atoms with E-state index in [4.69, 9.17) is 14.8 Å². The van der Waals surface area contributed by atoms with E-state index in [1.807, 2.05) is 0 Å². The van der Waals surface area contributed by atoms with E-state index in [0.717, 1.165) is 54.7 Å². The van der Waals surface area contributed by atoms with Gasteiger partial charge in [-0.1, -0.05) is 6.42 Å². The summed E-state index contributed by atoms with van der Waals surface area (Å²) in [6.45, 7) is 4.53. The first kappa shape index (κ1) is 21.3. The average Bonchev–Trinajstić information content (AvgIpc) is 3.20. The van der Waals surface area contributed by atoms with Gasteiger partial charge in [0.05, 0.1) is 18.4 Å². The lowest BCUT2D eigenvalue weighted by atomic mass is 9.86. The van der Waals surface area contributed by atoms with E-state index in [-0.39, 0.29) is 6.61 Å². The molecule has 2 fully saturated rings. The van der Waals surface area contributed by atoms with Crippen LogP contribution in [0.1, 0.15) is 42.7 Å². The van der Waals surface area contributed by atoms with E-state index >= 15 is 0 Å². The maximum absolute atomic E-state index is 9.71. The van der Waals surface area contributed by atoms with Crippen molar-refractivity contribution in [2.24, 2.45) is 0 Å². The summed E-state index contributed by atoms with van der Waals surface area (Å²) in [6.07, 6.45) is 6.98. The predicted molar refractivity (Wildman–Crippen MR) is 122 cm³/mol. The molecule has 0 bridgehead atoms. The molecule has 0 spiro atoms. The minimum atomic E-state index is -0.674. The Bertz CT molecular complexity index is 859. The van der Waals surface area contributed by atoms with Crippen LogP contribution in [0.25, 0.3) is 10.6 Å². The molecule has 0 amide bonds. The number of benzene rings is 1. The highest BCUT2D eigenvalue weighted by Crippen LogP contribution is 2.34. The molecular formula is C24H33N3O3S. The Labute approximate surface area is 188 Å². The normalized spacial score (nSPS) is 25.6. The van der Waals surface area contributed by atoms with Crippen molar-refractivity contribution < 1.29 is 14.9 Å². The molecule has 2 N–H and O–H groups in total. The second kappa shape index (κ2) is 9.55. The topological polar surface area (TPSA) is 69.1 Å². The molecule has 1 saturated carbocycles. The number of ether oxygens (including phenoxy) is 1. The van der Waals surface area contributed by atoms with Gasteiger partial charge in [0.15, 0.2) is 0 Å². The fourth-order valence-electron chi connectivity index (χ4n) is 4.97. The Kier molecular flexibility index (Phi) is 6.57. The van der Waals surface area contributed by atoms with Gasteiger partial charge in [0.1, 0.15) is 16.9 Å². The van der Waals surface area contributed by atoms with Crippen LogP contribution in [0.15, 0.2) is 24.3 Å². The minimum Gasteiger partial charge on any atom is -0.490 e. The molecule has 1 saturated heterocycles. The fourth-order valence-corrected chi connectivity index (χ4v) is 6.12. The van der Waals surface area contributed by atoms with Crippen LogP contribution in [-0.4, -0.2) is 76.0 Å². The number of piperidine rings is 1. The zero-order valence-corrected chi connectivity index (χ0v) is 18.9. The quantitative estimate of drug-likeness (QED) is 0.686. The first-order chi connectivity index (χ1) is 15.2. The first-order valence-electron chi connectivity index (χ1n) is 11.7. The van der Waals surface area contributed by atoms with Crippen molar-refractivity contribution >= 4 is 11.3 Å². The van der Waals surface area contributed by atoms with E-state index in [1.54, 1.807) is 11.3 Å². The van der Waals surface area contributed by atoms with Crippen molar-refractivity contribution in [1.82, 2.24) is 14.8 Å². The highest BCUT2D eigenvalue weighted by molar-refractivity contribution is 7.15. The number of hydrogen-bond donors (Lipinski definition) is 2. The third-order valence-corrected chi connectivity index (χ3v) is 8.00. The van der Waals surface area contributed by atoms with Gasteiger partial charge in [-0.3, -0.25) is 4.90 Å². The molecule has 5 rings (SSSR count). The highest BCUT2D eigenvalue weighted by Gasteiger charge is 2.35. The summed E-state index contributed by atoms with van der Waals surface area (Å²) in [5.74, 6) is 0.955. The van der Waals surface area contributed by atoms with E-state index in [9.17, 15) is 5.11 Å². The summed E-state index contributed by atoms with van der Waals surface area (Å²) in [4.78, 5) is 11.0. The number of thiazole rings is 1. The van der Waals surface area contributed by atoms with Gasteiger partial charge in [0.2, 0.25) is 0 Å². The van der Waals surface area contributed by atoms with Crippen LogP contribution in [0.3, 0.4) is 0 Å². The van der Waals surface area contributed by atoms with Crippen molar-refractivity contribution in [2.45, 2.75) is 63.3 Å². The summed E-state index contributed by atoms with van der Waals surface area (Å²) < 4.78 is 6.21. The largest absolute Gasteiger partial charge is 0.490 e. The number of β-amino-alcohol motifs (C(OH)–C–C–N with tert-alkyl or cyclic N) is 1. The van der Waals surface area contributed by atoms with Gasteiger partial charge in [0.25, 0.3) is 0 Å². The molecule has 0 radical (unpaired) electrons. The summed E-state index contributed by atoms with van der Waals surface area (Å²) in [7, 11) is 0. The molecular weight excluding hydrogens is 410 g/mol. The molecule has 1 aromatic carbocycles. The lowest BCUT2D eigenvalue weighted by Gasteiger charge is -2.44. The van der Waals surface area contributed by atoms with Gasteiger partial charge in [-0.05, 0) is 50.2 Å². The van der Waals surface area contributed by atoms with Crippen LogP contribution in [0.5, 0.6) is 5.75 Å². The van der Waals surface area contributed by atoms with Gasteiger partial charge < -0.3 is 19.8 Å². The van der Waals surface area contributed by atoms with E-state index in [0.29, 0.717) is 12.6 Å². The molecule has 1 atom stereocenters. The molecule has 1 unspecified atom stereocenters. The van der Waals surface area contributed by atoms with E-state index < -0.39 is 6.10 Å². The number of hydrogen-bond acceptors (Lipinski definition) is 7. The molecule has 168 valence electrons. The number of nitrogens with zero attached hydrogens (tertiary/aromatic N) is 3. The third-order valence-electron chi connectivity index (χ3n) is 6.87. The Balaban J connectivity index is 1.15. The SMILES string of the molecule is OCC(O)CN1CCc2nc(-c3ccc(OC4CC(N5CCCCC5)C4)cc3)sc2C1.